The van der Waals surface area contributed by atoms with Gasteiger partial charge in [0.15, 0.2) is 0 Å². The predicted molar refractivity (Wildman–Crippen MR) is 57.0 cm³/mol. The lowest BCUT2D eigenvalue weighted by Crippen LogP contribution is -2.26. The third kappa shape index (κ3) is 3.32. The Bertz CT molecular complexity index is 181. The molecule has 1 fully saturated rings. The maximum Gasteiger partial charge on any atom is 0.302 e. The van der Waals surface area contributed by atoms with Gasteiger partial charge in [-0.05, 0) is 37.5 Å². The Balaban J connectivity index is 2.27. The zero-order chi connectivity index (χ0) is 10.6. The van der Waals surface area contributed by atoms with E-state index < -0.39 is 0 Å². The molecule has 0 aromatic heterocycles. The summed E-state index contributed by atoms with van der Waals surface area (Å²) in [6, 6.07) is 0. The molecule has 14 heavy (non-hydrogen) atoms. The van der Waals surface area contributed by atoms with Crippen LogP contribution in [0.5, 0.6) is 0 Å². The van der Waals surface area contributed by atoms with Gasteiger partial charge in [0.1, 0.15) is 6.10 Å². The van der Waals surface area contributed by atoms with E-state index in [0.717, 1.165) is 24.7 Å². The molecule has 2 nitrogen and oxygen atoms in total. The minimum atomic E-state index is -0.128. The van der Waals surface area contributed by atoms with Gasteiger partial charge in [-0.25, -0.2) is 0 Å². The molecule has 0 aliphatic heterocycles. The molecule has 0 amide bonds. The van der Waals surface area contributed by atoms with E-state index in [0.29, 0.717) is 0 Å². The molecule has 0 spiro atoms. The number of ether oxygens (including phenoxy) is 1. The average molecular weight is 198 g/mol. The molecule has 1 saturated carbocycles. The van der Waals surface area contributed by atoms with Crippen LogP contribution < -0.4 is 0 Å². The molecule has 0 aromatic rings. The minimum Gasteiger partial charge on any atom is -0.463 e. The van der Waals surface area contributed by atoms with Crippen LogP contribution in [0, 0.1) is 11.8 Å². The van der Waals surface area contributed by atoms with Crippen molar-refractivity contribution in [2.45, 2.75) is 59.0 Å². The Morgan fingerprint density at radius 2 is 1.93 bits per heavy atom. The monoisotopic (exact) mass is 198 g/mol. The Morgan fingerprint density at radius 1 is 1.36 bits per heavy atom. The second kappa shape index (κ2) is 5.38. The van der Waals surface area contributed by atoms with Gasteiger partial charge in [-0.2, -0.15) is 0 Å². The first-order chi connectivity index (χ1) is 6.63. The summed E-state index contributed by atoms with van der Waals surface area (Å²) in [4.78, 5) is 10.8. The van der Waals surface area contributed by atoms with Gasteiger partial charge in [-0.1, -0.05) is 20.3 Å². The van der Waals surface area contributed by atoms with Gasteiger partial charge in [-0.3, -0.25) is 4.79 Å². The third-order valence-corrected chi connectivity index (χ3v) is 3.50. The van der Waals surface area contributed by atoms with E-state index in [1.54, 1.807) is 0 Å². The Kier molecular flexibility index (Phi) is 4.43. The van der Waals surface area contributed by atoms with Crippen LogP contribution in [0.15, 0.2) is 0 Å². The lowest BCUT2D eigenvalue weighted by molar-refractivity contribution is -0.148. The lowest BCUT2D eigenvalue weighted by atomic mass is 9.79. The average Bonchev–Trinajstić information content (AvgIpc) is 2.17. The largest absolute Gasteiger partial charge is 0.463 e. The highest BCUT2D eigenvalue weighted by Crippen LogP contribution is 2.32. The SMILES string of the molecule is CC[C@H](C)C1CCC(OC(C)=O)CC1. The Morgan fingerprint density at radius 3 is 2.36 bits per heavy atom. The summed E-state index contributed by atoms with van der Waals surface area (Å²) in [6.07, 6.45) is 6.05. The van der Waals surface area contributed by atoms with Crippen LogP contribution >= 0.6 is 0 Å². The molecule has 82 valence electrons. The lowest BCUT2D eigenvalue weighted by Gasteiger charge is -2.31. The smallest absolute Gasteiger partial charge is 0.302 e. The number of carbonyl (C=O) groups is 1. The van der Waals surface area contributed by atoms with Crippen molar-refractivity contribution in [3.8, 4) is 0 Å². The molecule has 0 aromatic carbocycles. The molecule has 1 aliphatic rings. The second-order valence-corrected chi connectivity index (χ2v) is 4.53. The Labute approximate surface area is 87.0 Å². The van der Waals surface area contributed by atoms with Crippen LogP contribution in [-0.2, 0) is 9.53 Å². The molecule has 1 aliphatic carbocycles. The summed E-state index contributed by atoms with van der Waals surface area (Å²) >= 11 is 0. The topological polar surface area (TPSA) is 26.3 Å². The molecule has 0 unspecified atom stereocenters. The van der Waals surface area contributed by atoms with Crippen molar-refractivity contribution < 1.29 is 9.53 Å². The molecule has 0 bridgehead atoms. The van der Waals surface area contributed by atoms with Crippen molar-refractivity contribution in [3.63, 3.8) is 0 Å². The van der Waals surface area contributed by atoms with Gasteiger partial charge in [0.25, 0.3) is 0 Å². The summed E-state index contributed by atoms with van der Waals surface area (Å²) in [5.41, 5.74) is 0. The maximum atomic E-state index is 10.8. The zero-order valence-electron chi connectivity index (χ0n) is 9.58. The first-order valence-corrected chi connectivity index (χ1v) is 5.80. The summed E-state index contributed by atoms with van der Waals surface area (Å²) in [7, 11) is 0. The third-order valence-electron chi connectivity index (χ3n) is 3.50. The fourth-order valence-corrected chi connectivity index (χ4v) is 2.34. The molecule has 2 heteroatoms. The fraction of sp³-hybridized carbons (Fsp3) is 0.917. The molecule has 0 radical (unpaired) electrons. The van der Waals surface area contributed by atoms with E-state index in [-0.39, 0.29) is 12.1 Å². The van der Waals surface area contributed by atoms with Crippen LogP contribution in [0.1, 0.15) is 52.9 Å². The molecule has 0 N–H and O–H groups in total. The van der Waals surface area contributed by atoms with Crippen molar-refractivity contribution in [1.29, 1.82) is 0 Å². The maximum absolute atomic E-state index is 10.8. The standard InChI is InChI=1S/C12H22O2/c1-4-9(2)11-5-7-12(8-6-11)14-10(3)13/h9,11-12H,4-8H2,1-3H3/t9-,11?,12?/m0/s1. The first-order valence-electron chi connectivity index (χ1n) is 5.80. The molecule has 1 atom stereocenters. The number of carbonyl (C=O) groups excluding carboxylic acids is 1. The van der Waals surface area contributed by atoms with Crippen LogP contribution in [0.25, 0.3) is 0 Å². The first kappa shape index (κ1) is 11.5. The van der Waals surface area contributed by atoms with Crippen molar-refractivity contribution in [1.82, 2.24) is 0 Å². The van der Waals surface area contributed by atoms with Gasteiger partial charge in [0.2, 0.25) is 0 Å². The van der Waals surface area contributed by atoms with Crippen molar-refractivity contribution in [3.05, 3.63) is 0 Å². The van der Waals surface area contributed by atoms with E-state index in [9.17, 15) is 4.79 Å². The number of hydrogen-bond acceptors (Lipinski definition) is 2. The van der Waals surface area contributed by atoms with Gasteiger partial charge in [-0.15, -0.1) is 0 Å². The second-order valence-electron chi connectivity index (χ2n) is 4.53. The summed E-state index contributed by atoms with van der Waals surface area (Å²) in [6.45, 7) is 6.08. The summed E-state index contributed by atoms with van der Waals surface area (Å²) in [5, 5.41) is 0. The minimum absolute atomic E-state index is 0.128. The number of rotatable bonds is 3. The fourth-order valence-electron chi connectivity index (χ4n) is 2.34. The van der Waals surface area contributed by atoms with Crippen LogP contribution in [-0.4, -0.2) is 12.1 Å². The van der Waals surface area contributed by atoms with Crippen molar-refractivity contribution in [2.24, 2.45) is 11.8 Å². The summed E-state index contributed by atoms with van der Waals surface area (Å²) < 4.78 is 5.21. The van der Waals surface area contributed by atoms with E-state index in [4.69, 9.17) is 4.74 Å². The molecule has 0 heterocycles. The van der Waals surface area contributed by atoms with E-state index in [1.165, 1.54) is 26.2 Å². The van der Waals surface area contributed by atoms with Gasteiger partial charge in [0.05, 0.1) is 0 Å². The van der Waals surface area contributed by atoms with Crippen molar-refractivity contribution >= 4 is 5.97 Å². The van der Waals surface area contributed by atoms with Crippen LogP contribution in [0.2, 0.25) is 0 Å². The molecule has 0 saturated heterocycles. The summed E-state index contributed by atoms with van der Waals surface area (Å²) in [5.74, 6) is 1.55. The van der Waals surface area contributed by atoms with Crippen molar-refractivity contribution in [2.75, 3.05) is 0 Å². The van der Waals surface area contributed by atoms with Gasteiger partial charge < -0.3 is 4.74 Å². The highest BCUT2D eigenvalue weighted by atomic mass is 16.5. The molecular weight excluding hydrogens is 176 g/mol. The van der Waals surface area contributed by atoms with Gasteiger partial charge >= 0.3 is 5.97 Å². The van der Waals surface area contributed by atoms with E-state index in [1.807, 2.05) is 0 Å². The van der Waals surface area contributed by atoms with E-state index in [2.05, 4.69) is 13.8 Å². The zero-order valence-corrected chi connectivity index (χ0v) is 9.58. The van der Waals surface area contributed by atoms with Gasteiger partial charge in [0, 0.05) is 6.92 Å². The normalized spacial score (nSPS) is 29.6. The number of hydrogen-bond donors (Lipinski definition) is 0. The quantitative estimate of drug-likeness (QED) is 0.651. The van der Waals surface area contributed by atoms with Crippen LogP contribution in [0.3, 0.4) is 0 Å². The van der Waals surface area contributed by atoms with Crippen LogP contribution in [0.4, 0.5) is 0 Å². The highest BCUT2D eigenvalue weighted by Gasteiger charge is 2.25. The predicted octanol–water partition coefficient (Wildman–Crippen LogP) is 3.15. The highest BCUT2D eigenvalue weighted by molar-refractivity contribution is 5.66. The molecule has 1 rings (SSSR count). The van der Waals surface area contributed by atoms with E-state index >= 15 is 0 Å². The number of esters is 1. The molecular formula is C12H22O2. The Hall–Kier alpha value is -0.530.